The molecule has 2 unspecified atom stereocenters. The highest BCUT2D eigenvalue weighted by Crippen LogP contribution is 2.34. The molecule has 0 N–H and O–H groups in total. The van der Waals surface area contributed by atoms with E-state index in [-0.39, 0.29) is 0 Å². The molecule has 0 aliphatic heterocycles. The number of ketones is 1. The maximum Gasteiger partial charge on any atom is 0.136 e. The number of unbranched alkanes of at least 4 members (excludes halogenated alkanes) is 2. The molecule has 2 nitrogen and oxygen atoms in total. The summed E-state index contributed by atoms with van der Waals surface area (Å²) in [7, 11) is 0. The molecule has 0 aromatic rings. The zero-order chi connectivity index (χ0) is 14.1. The van der Waals surface area contributed by atoms with Gasteiger partial charge in [-0.15, -0.1) is 0 Å². The monoisotopic (exact) mass is 266 g/mol. The topological polar surface area (TPSA) is 26.3 Å². The molecule has 0 saturated heterocycles. The molecule has 110 valence electrons. The van der Waals surface area contributed by atoms with E-state index in [9.17, 15) is 4.79 Å². The van der Waals surface area contributed by atoms with Gasteiger partial charge in [0.15, 0.2) is 0 Å². The minimum atomic E-state index is 0.332. The SMILES string of the molecule is CCCCCC1C(=O)CCC1CCOCC=C(C)C. The van der Waals surface area contributed by atoms with Crippen molar-refractivity contribution in [1.82, 2.24) is 0 Å². The molecule has 0 heterocycles. The van der Waals surface area contributed by atoms with Crippen LogP contribution in [0.2, 0.25) is 0 Å². The van der Waals surface area contributed by atoms with Gasteiger partial charge in [0, 0.05) is 18.9 Å². The van der Waals surface area contributed by atoms with E-state index in [0.717, 1.165) is 32.3 Å². The fourth-order valence-electron chi connectivity index (χ4n) is 2.88. The summed E-state index contributed by atoms with van der Waals surface area (Å²) in [5, 5.41) is 0. The predicted molar refractivity (Wildman–Crippen MR) is 80.2 cm³/mol. The summed E-state index contributed by atoms with van der Waals surface area (Å²) >= 11 is 0. The molecule has 2 atom stereocenters. The van der Waals surface area contributed by atoms with Crippen molar-refractivity contribution in [2.45, 2.75) is 65.7 Å². The fourth-order valence-corrected chi connectivity index (χ4v) is 2.88. The van der Waals surface area contributed by atoms with Crippen LogP contribution in [-0.4, -0.2) is 19.0 Å². The number of rotatable bonds is 9. The number of Topliss-reactive ketones (excluding diaryl/α,β-unsaturated/α-hetero) is 1. The van der Waals surface area contributed by atoms with Gasteiger partial charge in [0.2, 0.25) is 0 Å². The van der Waals surface area contributed by atoms with E-state index in [2.05, 4.69) is 26.8 Å². The van der Waals surface area contributed by atoms with Crippen LogP contribution in [0.1, 0.15) is 65.7 Å². The quantitative estimate of drug-likeness (QED) is 0.452. The Morgan fingerprint density at radius 1 is 1.32 bits per heavy atom. The second kappa shape index (κ2) is 9.30. The molecule has 2 heteroatoms. The van der Waals surface area contributed by atoms with E-state index >= 15 is 0 Å². The van der Waals surface area contributed by atoms with Crippen LogP contribution in [0.3, 0.4) is 0 Å². The van der Waals surface area contributed by atoms with Crippen molar-refractivity contribution < 1.29 is 9.53 Å². The van der Waals surface area contributed by atoms with Gasteiger partial charge in [-0.05, 0) is 39.0 Å². The summed E-state index contributed by atoms with van der Waals surface area (Å²) in [6, 6.07) is 0. The van der Waals surface area contributed by atoms with Crippen molar-refractivity contribution in [3.05, 3.63) is 11.6 Å². The Hall–Kier alpha value is -0.630. The van der Waals surface area contributed by atoms with Gasteiger partial charge in [0.1, 0.15) is 5.78 Å². The maximum absolute atomic E-state index is 11.9. The van der Waals surface area contributed by atoms with Crippen molar-refractivity contribution in [2.75, 3.05) is 13.2 Å². The third kappa shape index (κ3) is 6.38. The van der Waals surface area contributed by atoms with Crippen LogP contribution < -0.4 is 0 Å². The summed E-state index contributed by atoms with van der Waals surface area (Å²) in [6.07, 6.45) is 9.85. The zero-order valence-electron chi connectivity index (χ0n) is 12.9. The van der Waals surface area contributed by atoms with Crippen LogP contribution in [0.15, 0.2) is 11.6 Å². The van der Waals surface area contributed by atoms with Gasteiger partial charge in [-0.25, -0.2) is 0 Å². The maximum atomic E-state index is 11.9. The molecule has 1 aliphatic rings. The average molecular weight is 266 g/mol. The van der Waals surface area contributed by atoms with E-state index < -0.39 is 0 Å². The number of hydrogen-bond acceptors (Lipinski definition) is 2. The Labute approximate surface area is 118 Å². The van der Waals surface area contributed by atoms with E-state index in [1.165, 1.54) is 24.8 Å². The minimum Gasteiger partial charge on any atom is -0.377 e. The molecule has 1 saturated carbocycles. The summed E-state index contributed by atoms with van der Waals surface area (Å²) in [6.45, 7) is 7.89. The number of ether oxygens (including phenoxy) is 1. The summed E-state index contributed by atoms with van der Waals surface area (Å²) in [5.41, 5.74) is 1.30. The molecule has 0 radical (unpaired) electrons. The Bertz CT molecular complexity index is 290. The van der Waals surface area contributed by atoms with E-state index in [1.807, 2.05) is 0 Å². The van der Waals surface area contributed by atoms with Gasteiger partial charge < -0.3 is 4.74 Å². The molecular formula is C17H30O2. The first kappa shape index (κ1) is 16.4. The molecule has 1 rings (SSSR count). The molecule has 0 aromatic heterocycles. The van der Waals surface area contributed by atoms with Crippen LogP contribution >= 0.6 is 0 Å². The lowest BCUT2D eigenvalue weighted by Gasteiger charge is -2.18. The number of hydrogen-bond donors (Lipinski definition) is 0. The largest absolute Gasteiger partial charge is 0.377 e. The lowest BCUT2D eigenvalue weighted by atomic mass is 9.88. The predicted octanol–water partition coefficient (Wildman–Crippen LogP) is 4.53. The number of allylic oxidation sites excluding steroid dienone is 1. The second-order valence-electron chi connectivity index (χ2n) is 6.01. The van der Waals surface area contributed by atoms with E-state index in [4.69, 9.17) is 4.74 Å². The van der Waals surface area contributed by atoms with Gasteiger partial charge in [0.25, 0.3) is 0 Å². The first-order valence-corrected chi connectivity index (χ1v) is 7.89. The lowest BCUT2D eigenvalue weighted by Crippen LogP contribution is -2.16. The Morgan fingerprint density at radius 2 is 2.11 bits per heavy atom. The second-order valence-corrected chi connectivity index (χ2v) is 6.01. The zero-order valence-corrected chi connectivity index (χ0v) is 12.9. The van der Waals surface area contributed by atoms with Crippen molar-refractivity contribution in [3.8, 4) is 0 Å². The smallest absolute Gasteiger partial charge is 0.136 e. The summed E-state index contributed by atoms with van der Waals surface area (Å²) in [5.74, 6) is 1.42. The highest BCUT2D eigenvalue weighted by molar-refractivity contribution is 5.83. The molecule has 0 amide bonds. The van der Waals surface area contributed by atoms with Gasteiger partial charge in [-0.2, -0.15) is 0 Å². The summed E-state index contributed by atoms with van der Waals surface area (Å²) < 4.78 is 5.63. The number of carbonyl (C=O) groups excluding carboxylic acids is 1. The molecule has 0 spiro atoms. The van der Waals surface area contributed by atoms with Crippen LogP contribution in [0.4, 0.5) is 0 Å². The minimum absolute atomic E-state index is 0.332. The molecule has 19 heavy (non-hydrogen) atoms. The molecule has 1 aliphatic carbocycles. The van der Waals surface area contributed by atoms with Crippen molar-refractivity contribution in [2.24, 2.45) is 11.8 Å². The summed E-state index contributed by atoms with van der Waals surface area (Å²) in [4.78, 5) is 11.9. The molecule has 1 fully saturated rings. The van der Waals surface area contributed by atoms with Crippen LogP contribution in [0.25, 0.3) is 0 Å². The normalized spacial score (nSPS) is 22.8. The van der Waals surface area contributed by atoms with E-state index in [1.54, 1.807) is 0 Å². The fraction of sp³-hybridized carbons (Fsp3) is 0.824. The highest BCUT2D eigenvalue weighted by Gasteiger charge is 2.33. The van der Waals surface area contributed by atoms with Gasteiger partial charge in [0.05, 0.1) is 6.61 Å². The average Bonchev–Trinajstić information content (AvgIpc) is 2.71. The lowest BCUT2D eigenvalue weighted by molar-refractivity contribution is -0.121. The first-order chi connectivity index (χ1) is 9.15. The van der Waals surface area contributed by atoms with E-state index in [0.29, 0.717) is 24.2 Å². The third-order valence-corrected chi connectivity index (χ3v) is 4.11. The van der Waals surface area contributed by atoms with Crippen LogP contribution in [-0.2, 0) is 9.53 Å². The van der Waals surface area contributed by atoms with Crippen LogP contribution in [0, 0.1) is 11.8 Å². The van der Waals surface area contributed by atoms with Crippen molar-refractivity contribution in [3.63, 3.8) is 0 Å². The molecular weight excluding hydrogens is 236 g/mol. The van der Waals surface area contributed by atoms with Gasteiger partial charge in [-0.3, -0.25) is 4.79 Å². The third-order valence-electron chi connectivity index (χ3n) is 4.11. The molecule has 0 bridgehead atoms. The van der Waals surface area contributed by atoms with Gasteiger partial charge >= 0.3 is 0 Å². The highest BCUT2D eigenvalue weighted by atomic mass is 16.5. The number of carbonyl (C=O) groups is 1. The first-order valence-electron chi connectivity index (χ1n) is 7.89. The van der Waals surface area contributed by atoms with Crippen molar-refractivity contribution >= 4 is 5.78 Å². The standard InChI is InChI=1S/C17H30O2/c1-4-5-6-7-16-15(8-9-17(16)18)11-13-19-12-10-14(2)3/h10,15-16H,4-9,11-13H2,1-3H3. The van der Waals surface area contributed by atoms with Crippen LogP contribution in [0.5, 0.6) is 0 Å². The Balaban J connectivity index is 2.23. The Kier molecular flexibility index (Phi) is 8.04. The van der Waals surface area contributed by atoms with Gasteiger partial charge in [-0.1, -0.05) is 37.8 Å². The Morgan fingerprint density at radius 3 is 2.79 bits per heavy atom. The van der Waals surface area contributed by atoms with Crippen molar-refractivity contribution in [1.29, 1.82) is 0 Å². The molecule has 0 aromatic carbocycles.